The Kier molecular flexibility index (Phi) is 6.49. The van der Waals surface area contributed by atoms with Gasteiger partial charge in [-0.05, 0) is 32.1 Å². The summed E-state index contributed by atoms with van der Waals surface area (Å²) in [4.78, 5) is 32.0. The van der Waals surface area contributed by atoms with Gasteiger partial charge in [-0.1, -0.05) is 6.07 Å². The maximum atomic E-state index is 12.6. The second-order valence-corrected chi connectivity index (χ2v) is 8.63. The van der Waals surface area contributed by atoms with Gasteiger partial charge < -0.3 is 15.1 Å². The molecule has 1 atom stereocenters. The second-order valence-electron chi connectivity index (χ2n) is 6.40. The van der Waals surface area contributed by atoms with Gasteiger partial charge in [0.15, 0.2) is 9.84 Å². The van der Waals surface area contributed by atoms with Crippen molar-refractivity contribution in [2.45, 2.75) is 19.0 Å². The Hall–Kier alpha value is -2.00. The Morgan fingerprint density at radius 2 is 2.08 bits per heavy atom. The van der Waals surface area contributed by atoms with Crippen molar-refractivity contribution < 1.29 is 18.0 Å². The molecule has 0 bridgehead atoms. The molecular weight excluding hydrogens is 344 g/mol. The van der Waals surface area contributed by atoms with Gasteiger partial charge in [-0.3, -0.25) is 14.6 Å². The normalized spacial score (nSPS) is 18.9. The van der Waals surface area contributed by atoms with Gasteiger partial charge in [0.05, 0.1) is 11.5 Å². The summed E-state index contributed by atoms with van der Waals surface area (Å²) in [6.45, 7) is 1.06. The highest BCUT2D eigenvalue weighted by atomic mass is 32.2. The van der Waals surface area contributed by atoms with E-state index in [1.54, 1.807) is 24.5 Å². The zero-order chi connectivity index (χ0) is 18.4. The molecule has 25 heavy (non-hydrogen) atoms. The largest absolute Gasteiger partial charge is 0.344 e. The predicted molar refractivity (Wildman–Crippen MR) is 93.4 cm³/mol. The van der Waals surface area contributed by atoms with Crippen molar-refractivity contribution in [2.24, 2.45) is 0 Å². The first kappa shape index (κ1) is 19.3. The molecule has 1 fully saturated rings. The van der Waals surface area contributed by atoms with Crippen LogP contribution in [0.25, 0.3) is 0 Å². The number of nitrogens with one attached hydrogen (secondary N) is 1. The maximum Gasteiger partial charge on any atom is 0.312 e. The summed E-state index contributed by atoms with van der Waals surface area (Å²) < 4.78 is 23.5. The summed E-state index contributed by atoms with van der Waals surface area (Å²) in [5, 5.41) is 2.58. The molecule has 0 aliphatic carbocycles. The molecule has 1 aliphatic rings. The molecule has 1 unspecified atom stereocenters. The Morgan fingerprint density at radius 1 is 1.32 bits per heavy atom. The molecule has 1 aromatic rings. The summed E-state index contributed by atoms with van der Waals surface area (Å²) >= 11 is 0. The minimum atomic E-state index is -3.14. The lowest BCUT2D eigenvalue weighted by Crippen LogP contribution is -2.50. The Morgan fingerprint density at radius 3 is 2.64 bits per heavy atom. The zero-order valence-electron chi connectivity index (χ0n) is 14.5. The van der Waals surface area contributed by atoms with Gasteiger partial charge in [-0.25, -0.2) is 8.42 Å². The van der Waals surface area contributed by atoms with Crippen LogP contribution >= 0.6 is 0 Å². The number of pyridine rings is 1. The fourth-order valence-corrected chi connectivity index (χ4v) is 4.40. The summed E-state index contributed by atoms with van der Waals surface area (Å²) in [5.74, 6) is -1.44. The van der Waals surface area contributed by atoms with Crippen molar-refractivity contribution in [3.05, 3.63) is 30.1 Å². The fourth-order valence-electron chi connectivity index (χ4n) is 2.67. The van der Waals surface area contributed by atoms with E-state index in [9.17, 15) is 18.0 Å². The quantitative estimate of drug-likeness (QED) is 0.665. The molecule has 2 heterocycles. The number of amides is 2. The molecule has 0 spiro atoms. The molecular formula is C16H24N4O4S. The number of likely N-dealkylation sites (N-methyl/N-ethyl adjacent to an activating group) is 1. The lowest BCUT2D eigenvalue weighted by molar-refractivity contribution is -0.147. The first-order valence-corrected chi connectivity index (χ1v) is 9.93. The van der Waals surface area contributed by atoms with E-state index >= 15 is 0 Å². The minimum absolute atomic E-state index is 0.0563. The molecule has 0 saturated carbocycles. The molecule has 0 aromatic carbocycles. The standard InChI is InChI=1S/C16H24N4O4S/c1-19(2)7-8-20(14-5-9-25(23,24)12-14)16(22)15(21)18-11-13-4-3-6-17-10-13/h3-4,6,10,14H,5,7-9,11-12H2,1-2H3,(H,18,21). The van der Waals surface area contributed by atoms with Crippen molar-refractivity contribution in [2.75, 3.05) is 38.7 Å². The minimum Gasteiger partial charge on any atom is -0.344 e. The van der Waals surface area contributed by atoms with E-state index in [2.05, 4.69) is 10.3 Å². The number of aromatic nitrogens is 1. The van der Waals surface area contributed by atoms with E-state index in [4.69, 9.17) is 0 Å². The predicted octanol–water partition coefficient (Wildman–Crippen LogP) is -0.725. The number of carbonyl (C=O) groups is 2. The highest BCUT2D eigenvalue weighted by Gasteiger charge is 2.36. The molecule has 2 rings (SSSR count). The van der Waals surface area contributed by atoms with Crippen LogP contribution in [0, 0.1) is 0 Å². The smallest absolute Gasteiger partial charge is 0.312 e. The molecule has 1 saturated heterocycles. The molecule has 0 radical (unpaired) electrons. The second kappa shape index (κ2) is 8.39. The van der Waals surface area contributed by atoms with Crippen LogP contribution in [0.1, 0.15) is 12.0 Å². The SMILES string of the molecule is CN(C)CCN(C(=O)C(=O)NCc1cccnc1)C1CCS(=O)(=O)C1. The highest BCUT2D eigenvalue weighted by Crippen LogP contribution is 2.18. The Labute approximate surface area is 148 Å². The third kappa shape index (κ3) is 5.79. The molecule has 138 valence electrons. The number of carbonyl (C=O) groups excluding carboxylic acids is 2. The number of hydrogen-bond donors (Lipinski definition) is 1. The lowest BCUT2D eigenvalue weighted by atomic mass is 10.2. The number of nitrogens with zero attached hydrogens (tertiary/aromatic N) is 3. The van der Waals surface area contributed by atoms with Crippen LogP contribution in [0.15, 0.2) is 24.5 Å². The van der Waals surface area contributed by atoms with Crippen LogP contribution in [-0.2, 0) is 26.0 Å². The van der Waals surface area contributed by atoms with Crippen LogP contribution in [0.4, 0.5) is 0 Å². The van der Waals surface area contributed by atoms with Crippen molar-refractivity contribution in [1.29, 1.82) is 0 Å². The van der Waals surface area contributed by atoms with E-state index < -0.39 is 27.7 Å². The zero-order valence-corrected chi connectivity index (χ0v) is 15.3. The van der Waals surface area contributed by atoms with Crippen molar-refractivity contribution in [1.82, 2.24) is 20.1 Å². The number of hydrogen-bond acceptors (Lipinski definition) is 6. The van der Waals surface area contributed by atoms with Crippen molar-refractivity contribution in [3.8, 4) is 0 Å². The van der Waals surface area contributed by atoms with Gasteiger partial charge >= 0.3 is 11.8 Å². The van der Waals surface area contributed by atoms with Gasteiger partial charge in [-0.2, -0.15) is 0 Å². The molecule has 1 N–H and O–H groups in total. The Bertz CT molecular complexity index is 706. The fraction of sp³-hybridized carbons (Fsp3) is 0.562. The first-order valence-electron chi connectivity index (χ1n) is 8.11. The van der Waals surface area contributed by atoms with E-state index in [1.807, 2.05) is 19.0 Å². The third-order valence-corrected chi connectivity index (χ3v) is 5.82. The summed E-state index contributed by atoms with van der Waals surface area (Å²) in [6, 6.07) is 3.10. The monoisotopic (exact) mass is 368 g/mol. The summed E-state index contributed by atoms with van der Waals surface area (Å²) in [7, 11) is 0.574. The topological polar surface area (TPSA) is 99.7 Å². The molecule has 9 heteroatoms. The van der Waals surface area contributed by atoms with Crippen LogP contribution in [0.5, 0.6) is 0 Å². The van der Waals surface area contributed by atoms with Crippen LogP contribution in [0.2, 0.25) is 0 Å². The van der Waals surface area contributed by atoms with Gasteiger partial charge in [0.2, 0.25) is 0 Å². The Balaban J connectivity index is 2.01. The van der Waals surface area contributed by atoms with E-state index in [0.717, 1.165) is 5.56 Å². The van der Waals surface area contributed by atoms with Gasteiger partial charge in [0.25, 0.3) is 0 Å². The van der Waals surface area contributed by atoms with E-state index in [1.165, 1.54) is 4.90 Å². The van der Waals surface area contributed by atoms with Crippen LogP contribution in [0.3, 0.4) is 0 Å². The number of sulfone groups is 1. The summed E-state index contributed by atoms with van der Waals surface area (Å²) in [5.41, 5.74) is 0.784. The summed E-state index contributed by atoms with van der Waals surface area (Å²) in [6.07, 6.45) is 3.61. The molecule has 2 amide bonds. The average Bonchev–Trinajstić information content (AvgIpc) is 2.93. The van der Waals surface area contributed by atoms with Crippen molar-refractivity contribution in [3.63, 3.8) is 0 Å². The third-order valence-electron chi connectivity index (χ3n) is 4.07. The van der Waals surface area contributed by atoms with E-state index in [-0.39, 0.29) is 18.1 Å². The molecule has 1 aromatic heterocycles. The van der Waals surface area contributed by atoms with Crippen LogP contribution in [-0.4, -0.2) is 79.7 Å². The molecule has 8 nitrogen and oxygen atoms in total. The van der Waals surface area contributed by atoms with Gasteiger partial charge in [0, 0.05) is 38.1 Å². The highest BCUT2D eigenvalue weighted by molar-refractivity contribution is 7.91. The van der Waals surface area contributed by atoms with E-state index in [0.29, 0.717) is 19.5 Å². The number of rotatable bonds is 6. The van der Waals surface area contributed by atoms with Gasteiger partial charge in [0.1, 0.15) is 0 Å². The lowest BCUT2D eigenvalue weighted by Gasteiger charge is -2.28. The first-order chi connectivity index (χ1) is 11.8. The van der Waals surface area contributed by atoms with Crippen LogP contribution < -0.4 is 5.32 Å². The molecule has 1 aliphatic heterocycles. The van der Waals surface area contributed by atoms with Gasteiger partial charge in [-0.15, -0.1) is 0 Å². The average molecular weight is 368 g/mol. The maximum absolute atomic E-state index is 12.6. The van der Waals surface area contributed by atoms with Crippen molar-refractivity contribution >= 4 is 21.7 Å².